The fraction of sp³-hybridized carbons (Fsp3) is 0.724. The molecule has 9 heteroatoms. The van der Waals surface area contributed by atoms with Gasteiger partial charge in [-0.05, 0) is 89.9 Å². The molecule has 0 rings (SSSR count). The Labute approximate surface area is 526 Å². The number of likely N-dealkylation sites (N-methyl/N-ethyl adjacent to an activating group) is 1. The summed E-state index contributed by atoms with van der Waals surface area (Å²) < 4.78 is 23.5. The van der Waals surface area contributed by atoms with E-state index in [2.05, 4.69) is 141 Å². The molecule has 8 nitrogen and oxygen atoms in total. The summed E-state index contributed by atoms with van der Waals surface area (Å²) in [7, 11) is 1.27. The van der Waals surface area contributed by atoms with E-state index in [-0.39, 0.29) is 19.1 Å². The molecule has 0 aliphatic rings. The third kappa shape index (κ3) is 68.3. The van der Waals surface area contributed by atoms with Gasteiger partial charge in [-0.2, -0.15) is 0 Å². The van der Waals surface area contributed by atoms with Crippen molar-refractivity contribution in [3.05, 3.63) is 122 Å². The van der Waals surface area contributed by atoms with E-state index in [9.17, 15) is 19.4 Å². The minimum absolute atomic E-state index is 0.00263. The van der Waals surface area contributed by atoms with Crippen molar-refractivity contribution in [3.8, 4) is 0 Å². The topological polar surface area (TPSA) is 108 Å². The van der Waals surface area contributed by atoms with Crippen LogP contribution in [0.5, 0.6) is 0 Å². The number of aliphatic hydroxyl groups excluding tert-OH is 1. The number of unbranched alkanes of at least 4 members (excludes halogenated alkanes) is 31. The Balaban J connectivity index is 4.18. The fourth-order valence-electron chi connectivity index (χ4n) is 10.0. The van der Waals surface area contributed by atoms with Crippen LogP contribution >= 0.6 is 7.82 Å². The summed E-state index contributed by atoms with van der Waals surface area (Å²) in [5, 5.41) is 14.1. The van der Waals surface area contributed by atoms with E-state index in [1.165, 1.54) is 173 Å². The number of nitrogens with zero attached hydrogens (tertiary/aromatic N) is 1. The number of carbonyl (C=O) groups is 1. The number of nitrogens with one attached hydrogen (secondary N) is 1. The maximum atomic E-state index is 13.0. The number of amides is 1. The first-order valence-corrected chi connectivity index (χ1v) is 36.8. The number of hydrogen-bond acceptors (Lipinski definition) is 6. The molecule has 0 aliphatic heterocycles. The van der Waals surface area contributed by atoms with Gasteiger partial charge >= 0.3 is 0 Å². The maximum Gasteiger partial charge on any atom is 0.268 e. The zero-order chi connectivity index (χ0) is 61.9. The van der Waals surface area contributed by atoms with Gasteiger partial charge in [0.05, 0.1) is 39.9 Å². The average Bonchev–Trinajstić information content (AvgIpc) is 3.49. The molecule has 0 aromatic heterocycles. The van der Waals surface area contributed by atoms with E-state index in [0.717, 1.165) is 96.3 Å². The third-order valence-corrected chi connectivity index (χ3v) is 16.4. The number of phosphoric ester groups is 1. The van der Waals surface area contributed by atoms with Gasteiger partial charge in [-0.15, -0.1) is 0 Å². The Morgan fingerprint density at radius 2 is 0.718 bits per heavy atom. The van der Waals surface area contributed by atoms with Crippen LogP contribution in [0.4, 0.5) is 0 Å². The Morgan fingerprint density at radius 1 is 0.424 bits per heavy atom. The summed E-state index contributed by atoms with van der Waals surface area (Å²) in [4.78, 5) is 25.7. The zero-order valence-electron chi connectivity index (χ0n) is 56.0. The standard InChI is InChI=1S/C76H135N2O6P/c1-6-8-10-12-14-16-18-20-22-24-26-28-30-32-34-36-38-39-40-42-44-46-48-50-52-54-56-58-60-62-64-66-68-70-76(80)77-74(73-84-85(81,82)83-72-71-78(3,4)5)75(79)69-67-65-63-61-59-57-55-53-51-49-47-45-43-41-37-35-33-31-29-27-25-23-21-19-17-15-13-11-9-7-2/h8,10,14,16,20,22,26,28,32,34,38-39,42,44,48,50,54,56,60,62,74-75,79H,6-7,9,11-13,15,17-19,21,23-25,27,29-31,33,35-37,40-41,43,45-47,49,51-53,55,57-59,61,63-73H2,1-5H3,(H-,77,80,81,82)/b10-8-,16-14-,22-20-,28-26-,34-32-,39-38-,44-42-,50-48-,56-54-,62-60-. The molecule has 3 unspecified atom stereocenters. The summed E-state index contributed by atoms with van der Waals surface area (Å²) >= 11 is 0. The summed E-state index contributed by atoms with van der Waals surface area (Å²) in [6.07, 6.45) is 97.1. The first-order chi connectivity index (χ1) is 41.5. The van der Waals surface area contributed by atoms with E-state index in [1.54, 1.807) is 0 Å². The molecule has 0 radical (unpaired) electrons. The lowest BCUT2D eigenvalue weighted by Crippen LogP contribution is -2.46. The summed E-state index contributed by atoms with van der Waals surface area (Å²) in [5.74, 6) is -0.208. The highest BCUT2D eigenvalue weighted by Crippen LogP contribution is 2.38. The Hall–Kier alpha value is -3.10. The molecule has 0 fully saturated rings. The maximum absolute atomic E-state index is 13.0. The number of carbonyl (C=O) groups excluding carboxylic acids is 1. The van der Waals surface area contributed by atoms with E-state index in [1.807, 2.05) is 21.1 Å². The van der Waals surface area contributed by atoms with Gasteiger partial charge in [-0.25, -0.2) is 0 Å². The lowest BCUT2D eigenvalue weighted by atomic mass is 10.0. The quantitative estimate of drug-likeness (QED) is 0.0272. The largest absolute Gasteiger partial charge is 0.756 e. The second-order valence-corrected chi connectivity index (χ2v) is 26.3. The van der Waals surface area contributed by atoms with Crippen LogP contribution in [0.15, 0.2) is 122 Å². The van der Waals surface area contributed by atoms with Gasteiger partial charge in [0.15, 0.2) is 0 Å². The molecule has 2 N–H and O–H groups in total. The summed E-state index contributed by atoms with van der Waals surface area (Å²) in [6.45, 7) is 4.59. The average molecular weight is 1200 g/mol. The number of quaternary nitrogens is 1. The Bertz CT molecular complexity index is 1800. The Kier molecular flexibility index (Phi) is 63.0. The molecule has 85 heavy (non-hydrogen) atoms. The molecule has 0 bridgehead atoms. The van der Waals surface area contributed by atoms with Gasteiger partial charge < -0.3 is 28.8 Å². The highest BCUT2D eigenvalue weighted by atomic mass is 31.2. The van der Waals surface area contributed by atoms with Gasteiger partial charge in [0.2, 0.25) is 5.91 Å². The number of aliphatic hydroxyl groups is 1. The predicted octanol–water partition coefficient (Wildman–Crippen LogP) is 22.2. The van der Waals surface area contributed by atoms with E-state index < -0.39 is 20.0 Å². The molecule has 490 valence electrons. The molecule has 0 aliphatic carbocycles. The summed E-state index contributed by atoms with van der Waals surface area (Å²) in [6, 6.07) is -0.836. The normalized spacial score (nSPS) is 14.4. The second kappa shape index (κ2) is 65.3. The minimum atomic E-state index is -4.60. The van der Waals surface area contributed by atoms with Crippen LogP contribution in [0.3, 0.4) is 0 Å². The highest BCUT2D eigenvalue weighted by molar-refractivity contribution is 7.45. The third-order valence-electron chi connectivity index (χ3n) is 15.5. The first-order valence-electron chi connectivity index (χ1n) is 35.4. The van der Waals surface area contributed by atoms with Gasteiger partial charge in [-0.3, -0.25) is 9.36 Å². The molecule has 0 heterocycles. The zero-order valence-corrected chi connectivity index (χ0v) is 56.9. The molecule has 0 aromatic rings. The van der Waals surface area contributed by atoms with Gasteiger partial charge in [-0.1, -0.05) is 328 Å². The smallest absolute Gasteiger partial charge is 0.268 e. The number of allylic oxidation sites excluding steroid dienone is 20. The highest BCUT2D eigenvalue weighted by Gasteiger charge is 2.24. The molecular weight excluding hydrogens is 1070 g/mol. The van der Waals surface area contributed by atoms with Gasteiger partial charge in [0, 0.05) is 6.42 Å². The van der Waals surface area contributed by atoms with Crippen LogP contribution < -0.4 is 10.2 Å². The molecule has 3 atom stereocenters. The van der Waals surface area contributed by atoms with Crippen LogP contribution in [0.2, 0.25) is 0 Å². The van der Waals surface area contributed by atoms with Crippen LogP contribution in [0.1, 0.15) is 303 Å². The summed E-state index contributed by atoms with van der Waals surface area (Å²) in [5.41, 5.74) is 0. The van der Waals surface area contributed by atoms with Crippen LogP contribution in [0, 0.1) is 0 Å². The molecular formula is C76H135N2O6P. The monoisotopic (exact) mass is 1200 g/mol. The molecule has 1 amide bonds. The lowest BCUT2D eigenvalue weighted by Gasteiger charge is -2.30. The molecule has 0 saturated carbocycles. The SMILES string of the molecule is CC/C=C\C/C=C\C/C=C\C/C=C\C/C=C\C/C=C\C/C=C\C/C=C\C/C=C\C/C=C\CCCCC(=O)NC(COP(=O)([O-])OCC[N+](C)(C)C)C(O)CCCCCCCCCCCCCCCCCCCCCCCCCCCCCCCC. The molecule has 0 aromatic carbocycles. The Morgan fingerprint density at radius 3 is 1.02 bits per heavy atom. The van der Waals surface area contributed by atoms with Crippen molar-refractivity contribution in [2.75, 3.05) is 40.9 Å². The van der Waals surface area contributed by atoms with Crippen molar-refractivity contribution in [2.24, 2.45) is 0 Å². The first kappa shape index (κ1) is 81.9. The second-order valence-electron chi connectivity index (χ2n) is 24.9. The van der Waals surface area contributed by atoms with E-state index >= 15 is 0 Å². The van der Waals surface area contributed by atoms with Gasteiger partial charge in [0.1, 0.15) is 13.2 Å². The number of phosphoric acid groups is 1. The van der Waals surface area contributed by atoms with Crippen molar-refractivity contribution < 1.29 is 32.9 Å². The lowest BCUT2D eigenvalue weighted by molar-refractivity contribution is -0.870. The van der Waals surface area contributed by atoms with Crippen LogP contribution in [-0.4, -0.2) is 68.5 Å². The minimum Gasteiger partial charge on any atom is -0.756 e. The van der Waals surface area contributed by atoms with Crippen molar-refractivity contribution >= 4 is 13.7 Å². The molecule has 0 spiro atoms. The van der Waals surface area contributed by atoms with Crippen LogP contribution in [0.25, 0.3) is 0 Å². The number of rotatable bonds is 64. The fourth-order valence-corrected chi connectivity index (χ4v) is 10.7. The van der Waals surface area contributed by atoms with Gasteiger partial charge in [0.25, 0.3) is 7.82 Å². The van der Waals surface area contributed by atoms with Crippen molar-refractivity contribution in [2.45, 2.75) is 315 Å². The van der Waals surface area contributed by atoms with Crippen LogP contribution in [-0.2, 0) is 18.4 Å². The van der Waals surface area contributed by atoms with E-state index in [4.69, 9.17) is 9.05 Å². The predicted molar refractivity (Wildman–Crippen MR) is 371 cm³/mol. The number of hydrogen-bond donors (Lipinski definition) is 2. The van der Waals surface area contributed by atoms with Crippen molar-refractivity contribution in [1.29, 1.82) is 0 Å². The van der Waals surface area contributed by atoms with Crippen molar-refractivity contribution in [1.82, 2.24) is 5.32 Å². The van der Waals surface area contributed by atoms with E-state index in [0.29, 0.717) is 30.3 Å². The molecule has 0 saturated heterocycles. The van der Waals surface area contributed by atoms with Crippen molar-refractivity contribution in [3.63, 3.8) is 0 Å².